The largest absolute Gasteiger partial charge is 0.324 e. The van der Waals surface area contributed by atoms with Crippen molar-refractivity contribution in [2.45, 2.75) is 26.3 Å². The van der Waals surface area contributed by atoms with E-state index in [0.717, 1.165) is 51.6 Å². The van der Waals surface area contributed by atoms with Crippen LogP contribution >= 0.6 is 22.9 Å². The number of rotatable bonds is 5. The SMILES string of the molecule is Cc1nnc(Cn2cnc3ccc(-c4cc(NC(=O)C5CCCNC5)ncc4Cl)cc32)s1. The van der Waals surface area contributed by atoms with E-state index in [1.54, 1.807) is 17.5 Å². The molecule has 32 heavy (non-hydrogen) atoms. The normalized spacial score (nSPS) is 16.4. The highest BCUT2D eigenvalue weighted by Gasteiger charge is 2.21. The summed E-state index contributed by atoms with van der Waals surface area (Å²) in [5.74, 6) is 0.441. The first-order valence-corrected chi connectivity index (χ1v) is 11.7. The molecule has 0 saturated carbocycles. The molecule has 1 aromatic carbocycles. The van der Waals surface area contributed by atoms with Crippen molar-refractivity contribution in [2.75, 3.05) is 18.4 Å². The van der Waals surface area contributed by atoms with E-state index in [9.17, 15) is 4.79 Å². The number of imidazole rings is 1. The Morgan fingerprint density at radius 1 is 1.31 bits per heavy atom. The van der Waals surface area contributed by atoms with E-state index in [0.29, 0.717) is 23.9 Å². The van der Waals surface area contributed by atoms with Gasteiger partial charge in [0.25, 0.3) is 0 Å². The summed E-state index contributed by atoms with van der Waals surface area (Å²) in [5, 5.41) is 16.9. The standard InChI is InChI=1S/C22H22ClN7OS/c1-13-28-29-21(32-13)11-30-12-26-18-5-4-14(7-19(18)30)16-8-20(25-10-17(16)23)27-22(31)15-3-2-6-24-9-15/h4-5,7-8,10,12,15,24H,2-3,6,9,11H2,1H3,(H,25,27,31). The van der Waals surface area contributed by atoms with Gasteiger partial charge in [0.1, 0.15) is 15.8 Å². The maximum absolute atomic E-state index is 12.6. The number of benzene rings is 1. The van der Waals surface area contributed by atoms with Crippen molar-refractivity contribution in [1.82, 2.24) is 30.0 Å². The third-order valence-electron chi connectivity index (χ3n) is 5.58. The molecular formula is C22H22ClN7OS. The molecule has 1 unspecified atom stereocenters. The lowest BCUT2D eigenvalue weighted by molar-refractivity contribution is -0.120. The number of nitrogens with zero attached hydrogens (tertiary/aromatic N) is 5. The Kier molecular flexibility index (Phi) is 5.86. The molecule has 8 nitrogen and oxygen atoms in total. The fraction of sp³-hybridized carbons (Fsp3) is 0.318. The van der Waals surface area contributed by atoms with Crippen LogP contribution in [0.3, 0.4) is 0 Å². The number of hydrogen-bond acceptors (Lipinski definition) is 7. The number of anilines is 1. The van der Waals surface area contributed by atoms with E-state index in [1.807, 2.05) is 42.1 Å². The number of aryl methyl sites for hydroxylation is 1. The Bertz CT molecular complexity index is 1280. The number of carbonyl (C=O) groups is 1. The number of nitrogens with one attached hydrogen (secondary N) is 2. The smallest absolute Gasteiger partial charge is 0.229 e. The van der Waals surface area contributed by atoms with Gasteiger partial charge in [-0.1, -0.05) is 29.0 Å². The van der Waals surface area contributed by atoms with Gasteiger partial charge in [-0.15, -0.1) is 10.2 Å². The first kappa shape index (κ1) is 21.0. The molecule has 164 valence electrons. The highest BCUT2D eigenvalue weighted by atomic mass is 35.5. The van der Waals surface area contributed by atoms with Crippen LogP contribution in [0.1, 0.15) is 22.9 Å². The van der Waals surface area contributed by atoms with Crippen LogP contribution in [0.4, 0.5) is 5.82 Å². The number of pyridine rings is 1. The van der Waals surface area contributed by atoms with Crippen molar-refractivity contribution in [2.24, 2.45) is 5.92 Å². The number of fused-ring (bicyclic) bond motifs is 1. The van der Waals surface area contributed by atoms with E-state index >= 15 is 0 Å². The molecule has 3 aromatic heterocycles. The van der Waals surface area contributed by atoms with Crippen LogP contribution < -0.4 is 10.6 Å². The molecule has 0 bridgehead atoms. The Labute approximate surface area is 194 Å². The minimum Gasteiger partial charge on any atom is -0.324 e. The van der Waals surface area contributed by atoms with Gasteiger partial charge in [0.05, 0.1) is 34.8 Å². The van der Waals surface area contributed by atoms with Gasteiger partial charge in [-0.25, -0.2) is 9.97 Å². The van der Waals surface area contributed by atoms with E-state index < -0.39 is 0 Å². The summed E-state index contributed by atoms with van der Waals surface area (Å²) in [7, 11) is 0. The van der Waals surface area contributed by atoms with Crippen LogP contribution in [0.5, 0.6) is 0 Å². The topological polar surface area (TPSA) is 97.6 Å². The Morgan fingerprint density at radius 2 is 2.22 bits per heavy atom. The number of aromatic nitrogens is 5. The lowest BCUT2D eigenvalue weighted by atomic mass is 9.99. The average Bonchev–Trinajstić information content (AvgIpc) is 3.41. The molecule has 0 spiro atoms. The molecule has 0 radical (unpaired) electrons. The second-order valence-corrected chi connectivity index (χ2v) is 9.55. The van der Waals surface area contributed by atoms with Gasteiger partial charge in [-0.05, 0) is 50.1 Å². The summed E-state index contributed by atoms with van der Waals surface area (Å²) in [4.78, 5) is 21.4. The molecule has 1 saturated heterocycles. The molecule has 1 amide bonds. The molecule has 10 heteroatoms. The molecule has 1 aliphatic heterocycles. The highest BCUT2D eigenvalue weighted by Crippen LogP contribution is 2.32. The van der Waals surface area contributed by atoms with E-state index in [-0.39, 0.29) is 11.8 Å². The van der Waals surface area contributed by atoms with E-state index in [2.05, 4.69) is 30.8 Å². The number of hydrogen-bond donors (Lipinski definition) is 2. The van der Waals surface area contributed by atoms with Crippen molar-refractivity contribution in [1.29, 1.82) is 0 Å². The highest BCUT2D eigenvalue weighted by molar-refractivity contribution is 7.11. The molecule has 1 fully saturated rings. The van der Waals surface area contributed by atoms with Gasteiger partial charge in [0, 0.05) is 18.3 Å². The maximum atomic E-state index is 12.6. The van der Waals surface area contributed by atoms with Crippen molar-refractivity contribution in [3.8, 4) is 11.1 Å². The van der Waals surface area contributed by atoms with Gasteiger partial charge >= 0.3 is 0 Å². The molecule has 1 atom stereocenters. The first-order chi connectivity index (χ1) is 15.6. The Hall–Kier alpha value is -2.88. The molecule has 4 aromatic rings. The van der Waals surface area contributed by atoms with Crippen molar-refractivity contribution < 1.29 is 4.79 Å². The van der Waals surface area contributed by atoms with Gasteiger partial charge in [0.15, 0.2) is 0 Å². The Balaban J connectivity index is 1.43. The molecule has 0 aliphatic carbocycles. The van der Waals surface area contributed by atoms with Gasteiger partial charge in [-0.2, -0.15) is 0 Å². The summed E-state index contributed by atoms with van der Waals surface area (Å²) >= 11 is 8.06. The zero-order valence-corrected chi connectivity index (χ0v) is 19.1. The van der Waals surface area contributed by atoms with Crippen LogP contribution in [-0.2, 0) is 11.3 Å². The molecule has 2 N–H and O–H groups in total. The predicted octanol–water partition coefficient (Wildman–Crippen LogP) is 3.90. The quantitative estimate of drug-likeness (QED) is 0.462. The fourth-order valence-electron chi connectivity index (χ4n) is 3.93. The number of halogens is 1. The van der Waals surface area contributed by atoms with Crippen LogP contribution in [0.15, 0.2) is 36.8 Å². The Morgan fingerprint density at radius 3 is 3.00 bits per heavy atom. The first-order valence-electron chi connectivity index (χ1n) is 10.5. The van der Waals surface area contributed by atoms with Crippen molar-refractivity contribution >= 4 is 45.7 Å². The van der Waals surface area contributed by atoms with Gasteiger partial charge in [-0.3, -0.25) is 4.79 Å². The molecule has 1 aliphatic rings. The third-order valence-corrected chi connectivity index (χ3v) is 6.70. The number of amides is 1. The number of carbonyl (C=O) groups excluding carboxylic acids is 1. The zero-order valence-electron chi connectivity index (χ0n) is 17.5. The number of piperidine rings is 1. The third kappa shape index (κ3) is 4.36. The summed E-state index contributed by atoms with van der Waals surface area (Å²) in [5.41, 5.74) is 3.59. The van der Waals surface area contributed by atoms with Crippen LogP contribution in [0.25, 0.3) is 22.2 Å². The second kappa shape index (κ2) is 8.93. The molecule has 4 heterocycles. The minimum atomic E-state index is -0.0423. The lowest BCUT2D eigenvalue weighted by Gasteiger charge is -2.21. The predicted molar refractivity (Wildman–Crippen MR) is 126 cm³/mol. The van der Waals surface area contributed by atoms with Gasteiger partial charge in [0.2, 0.25) is 5.91 Å². The zero-order chi connectivity index (χ0) is 22.1. The fourth-order valence-corrected chi connectivity index (χ4v) is 4.85. The van der Waals surface area contributed by atoms with Crippen molar-refractivity contribution in [3.05, 3.63) is 51.8 Å². The summed E-state index contributed by atoms with van der Waals surface area (Å²) in [6.07, 6.45) is 5.27. The van der Waals surface area contributed by atoms with Crippen molar-refractivity contribution in [3.63, 3.8) is 0 Å². The second-order valence-electron chi connectivity index (χ2n) is 7.87. The van der Waals surface area contributed by atoms with Crippen LogP contribution in [0.2, 0.25) is 5.02 Å². The van der Waals surface area contributed by atoms with Crippen LogP contribution in [0, 0.1) is 12.8 Å². The molecule has 5 rings (SSSR count). The minimum absolute atomic E-state index is 0.0150. The lowest BCUT2D eigenvalue weighted by Crippen LogP contribution is -2.37. The summed E-state index contributed by atoms with van der Waals surface area (Å²) in [6, 6.07) is 7.82. The average molecular weight is 468 g/mol. The summed E-state index contributed by atoms with van der Waals surface area (Å²) < 4.78 is 2.05. The van der Waals surface area contributed by atoms with E-state index in [4.69, 9.17) is 11.6 Å². The van der Waals surface area contributed by atoms with Crippen LogP contribution in [-0.4, -0.2) is 43.7 Å². The summed E-state index contributed by atoms with van der Waals surface area (Å²) in [6.45, 7) is 4.20. The van der Waals surface area contributed by atoms with E-state index in [1.165, 1.54) is 0 Å². The maximum Gasteiger partial charge on any atom is 0.229 e. The molecular weight excluding hydrogens is 446 g/mol. The monoisotopic (exact) mass is 467 g/mol. The van der Waals surface area contributed by atoms with Gasteiger partial charge < -0.3 is 15.2 Å².